The number of hydrogen-bond donors (Lipinski definition) is 0. The Labute approximate surface area is 188 Å². The van der Waals surface area contributed by atoms with Crippen LogP contribution in [0.4, 0.5) is 4.79 Å². The van der Waals surface area contributed by atoms with Crippen molar-refractivity contribution in [1.82, 2.24) is 19.4 Å². The van der Waals surface area contributed by atoms with Gasteiger partial charge in [0.1, 0.15) is 11.2 Å². The van der Waals surface area contributed by atoms with Gasteiger partial charge in [-0.05, 0) is 53.0 Å². The van der Waals surface area contributed by atoms with E-state index in [1.807, 2.05) is 20.8 Å². The fraction of sp³-hybridized carbons (Fsp3) is 0.591. The van der Waals surface area contributed by atoms with Gasteiger partial charge in [0.2, 0.25) is 5.16 Å². The van der Waals surface area contributed by atoms with Crippen molar-refractivity contribution in [2.75, 3.05) is 19.3 Å². The van der Waals surface area contributed by atoms with Crippen LogP contribution >= 0.6 is 0 Å². The van der Waals surface area contributed by atoms with Crippen LogP contribution in [0.2, 0.25) is 0 Å². The summed E-state index contributed by atoms with van der Waals surface area (Å²) in [6, 6.07) is -0.155. The molecule has 1 aliphatic carbocycles. The van der Waals surface area contributed by atoms with Gasteiger partial charge in [0.25, 0.3) is 5.56 Å². The number of fused-ring (bicyclic) bond motifs is 1. The van der Waals surface area contributed by atoms with Crippen LogP contribution < -0.4 is 5.56 Å². The molecule has 10 heteroatoms. The van der Waals surface area contributed by atoms with E-state index in [1.54, 1.807) is 22.6 Å². The molecule has 1 unspecified atom stereocenters. The predicted octanol–water partition coefficient (Wildman–Crippen LogP) is 2.61. The number of aryl methyl sites for hydroxylation is 1. The number of rotatable bonds is 3. The number of carbonyl (C=O) groups is 2. The van der Waals surface area contributed by atoms with Gasteiger partial charge in [-0.15, -0.1) is 0 Å². The molecule has 1 saturated carbocycles. The maximum absolute atomic E-state index is 13.3. The zero-order chi connectivity index (χ0) is 23.6. The first-order valence-corrected chi connectivity index (χ1v) is 12.1. The molecular weight excluding hydrogens is 432 g/mol. The topological polar surface area (TPSA) is 111 Å². The molecule has 0 bridgehead atoms. The number of ether oxygens (including phenoxy) is 1. The average Bonchev–Trinajstić information content (AvgIpc) is 2.59. The van der Waals surface area contributed by atoms with E-state index in [-0.39, 0.29) is 39.6 Å². The van der Waals surface area contributed by atoms with Crippen LogP contribution in [0.15, 0.2) is 16.1 Å². The van der Waals surface area contributed by atoms with Gasteiger partial charge in [-0.1, -0.05) is 0 Å². The van der Waals surface area contributed by atoms with E-state index in [4.69, 9.17) is 4.74 Å². The molecule has 1 aliphatic heterocycles. The third-order valence-electron chi connectivity index (χ3n) is 6.20. The lowest BCUT2D eigenvalue weighted by Gasteiger charge is -2.58. The lowest BCUT2D eigenvalue weighted by Crippen LogP contribution is -2.64. The third-order valence-corrected chi connectivity index (χ3v) is 6.91. The highest BCUT2D eigenvalue weighted by Crippen LogP contribution is 2.54. The smallest absolute Gasteiger partial charge is 0.410 e. The maximum atomic E-state index is 13.3. The molecule has 2 aliphatic rings. The molecule has 2 aromatic rings. The maximum Gasteiger partial charge on any atom is 0.410 e. The fourth-order valence-electron chi connectivity index (χ4n) is 4.81. The Morgan fingerprint density at radius 1 is 1.25 bits per heavy atom. The van der Waals surface area contributed by atoms with Gasteiger partial charge in [-0.25, -0.2) is 14.8 Å². The first-order valence-electron chi connectivity index (χ1n) is 10.6. The van der Waals surface area contributed by atoms with E-state index in [2.05, 4.69) is 9.97 Å². The Hall–Kier alpha value is -2.62. The lowest BCUT2D eigenvalue weighted by atomic mass is 9.60. The van der Waals surface area contributed by atoms with Crippen LogP contribution in [-0.2, 0) is 15.5 Å². The fourth-order valence-corrected chi connectivity index (χ4v) is 5.22. The summed E-state index contributed by atoms with van der Waals surface area (Å²) < 4.78 is 19.0. The predicted molar refractivity (Wildman–Crippen MR) is 119 cm³/mol. The van der Waals surface area contributed by atoms with Crippen LogP contribution in [0.5, 0.6) is 0 Å². The van der Waals surface area contributed by atoms with Crippen molar-refractivity contribution in [2.45, 2.75) is 64.3 Å². The quantitative estimate of drug-likeness (QED) is 0.511. The molecule has 0 aromatic carbocycles. The van der Waals surface area contributed by atoms with Gasteiger partial charge in [-0.3, -0.25) is 18.4 Å². The molecule has 32 heavy (non-hydrogen) atoms. The zero-order valence-electron chi connectivity index (χ0n) is 19.2. The molecule has 4 rings (SSSR count). The lowest BCUT2D eigenvalue weighted by molar-refractivity contribution is -0.0906. The Morgan fingerprint density at radius 3 is 2.41 bits per heavy atom. The van der Waals surface area contributed by atoms with E-state index in [9.17, 15) is 18.6 Å². The van der Waals surface area contributed by atoms with Gasteiger partial charge in [0.15, 0.2) is 5.78 Å². The normalized spacial score (nSPS) is 18.9. The number of amides is 1. The van der Waals surface area contributed by atoms with E-state index in [0.717, 1.165) is 0 Å². The van der Waals surface area contributed by atoms with Crippen LogP contribution in [0.1, 0.15) is 62.5 Å². The van der Waals surface area contributed by atoms with Crippen molar-refractivity contribution < 1.29 is 18.5 Å². The highest BCUT2D eigenvalue weighted by Gasteiger charge is 2.55. The second kappa shape index (κ2) is 7.47. The van der Waals surface area contributed by atoms with Crippen LogP contribution in [0, 0.1) is 12.3 Å². The summed E-state index contributed by atoms with van der Waals surface area (Å²) >= 11 is 0. The minimum Gasteiger partial charge on any atom is -0.444 e. The molecule has 0 N–H and O–H groups in total. The van der Waals surface area contributed by atoms with Gasteiger partial charge in [0.05, 0.1) is 16.4 Å². The van der Waals surface area contributed by atoms with E-state index in [1.165, 1.54) is 13.2 Å². The monoisotopic (exact) mass is 460 g/mol. The van der Waals surface area contributed by atoms with Crippen molar-refractivity contribution in [2.24, 2.45) is 5.41 Å². The van der Waals surface area contributed by atoms with Crippen molar-refractivity contribution in [3.05, 3.63) is 27.7 Å². The van der Waals surface area contributed by atoms with Gasteiger partial charge in [0, 0.05) is 42.4 Å². The van der Waals surface area contributed by atoms with E-state index in [0.29, 0.717) is 42.5 Å². The molecule has 1 saturated heterocycles. The summed E-state index contributed by atoms with van der Waals surface area (Å²) in [5, 5.41) is 0.753. The number of nitrogens with zero attached hydrogens (tertiary/aromatic N) is 4. The molecule has 0 radical (unpaired) electrons. The molecule has 1 atom stereocenters. The Balaban J connectivity index is 1.65. The molecular formula is C22H28N4O5S. The number of pyridine rings is 1. The number of likely N-dealkylation sites (tertiary alicyclic amines) is 1. The summed E-state index contributed by atoms with van der Waals surface area (Å²) in [5.41, 5.74) is 0.0963. The molecule has 1 spiro atoms. The van der Waals surface area contributed by atoms with Crippen LogP contribution in [-0.4, -0.2) is 60.5 Å². The second-order valence-corrected chi connectivity index (χ2v) is 11.2. The average molecular weight is 461 g/mol. The largest absolute Gasteiger partial charge is 0.444 e. The van der Waals surface area contributed by atoms with Crippen molar-refractivity contribution in [3.8, 4) is 0 Å². The highest BCUT2D eigenvalue weighted by molar-refractivity contribution is 7.84. The number of ketones is 1. The number of carbonyl (C=O) groups excluding carboxylic acids is 2. The summed E-state index contributed by atoms with van der Waals surface area (Å²) in [7, 11) is -1.40. The Kier molecular flexibility index (Phi) is 5.27. The highest BCUT2D eigenvalue weighted by atomic mass is 32.2. The van der Waals surface area contributed by atoms with Crippen LogP contribution in [0.3, 0.4) is 0 Å². The summed E-state index contributed by atoms with van der Waals surface area (Å²) in [5.74, 6) is -0.305. The molecule has 2 fully saturated rings. The zero-order valence-corrected chi connectivity index (χ0v) is 20.0. The first-order chi connectivity index (χ1) is 14.8. The van der Waals surface area contributed by atoms with Gasteiger partial charge < -0.3 is 9.64 Å². The summed E-state index contributed by atoms with van der Waals surface area (Å²) in [4.78, 5) is 48.1. The summed E-state index contributed by atoms with van der Waals surface area (Å²) in [6.45, 7) is 9.75. The number of hydrogen-bond acceptors (Lipinski definition) is 7. The van der Waals surface area contributed by atoms with Gasteiger partial charge >= 0.3 is 6.09 Å². The van der Waals surface area contributed by atoms with Crippen molar-refractivity contribution in [1.29, 1.82) is 0 Å². The van der Waals surface area contributed by atoms with E-state index < -0.39 is 16.4 Å². The Bertz CT molecular complexity index is 1220. The van der Waals surface area contributed by atoms with Gasteiger partial charge in [-0.2, -0.15) is 0 Å². The molecule has 9 nitrogen and oxygen atoms in total. The second-order valence-electron chi connectivity index (χ2n) is 9.97. The minimum absolute atomic E-state index is 0.0575. The standard InChI is InChI=1S/C22H28N4O5S/c1-12-15-9-23-19(32(6)30)24-17(15)26(18(28)16(12)13(2)27)14-7-22(8-14)10-25(11-22)20(29)31-21(3,4)5/h9,14H,7-8,10-11H2,1-6H3. The number of aromatic nitrogens is 3. The molecule has 3 heterocycles. The Morgan fingerprint density at radius 2 is 1.88 bits per heavy atom. The molecule has 2 aromatic heterocycles. The minimum atomic E-state index is -1.40. The first kappa shape index (κ1) is 22.6. The molecule has 1 amide bonds. The SMILES string of the molecule is CC(=O)c1c(C)c2cnc(S(C)=O)nc2n(C2CC3(C2)CN(C(=O)OC(C)(C)C)C3)c1=O. The van der Waals surface area contributed by atoms with Crippen molar-refractivity contribution in [3.63, 3.8) is 0 Å². The van der Waals surface area contributed by atoms with Crippen molar-refractivity contribution >= 4 is 33.7 Å². The van der Waals surface area contributed by atoms with E-state index >= 15 is 0 Å². The van der Waals surface area contributed by atoms with Crippen LogP contribution in [0.25, 0.3) is 11.0 Å². The third kappa shape index (κ3) is 3.74. The summed E-state index contributed by atoms with van der Waals surface area (Å²) in [6.07, 6.45) is 4.08. The number of Topliss-reactive ketones (excluding diaryl/α,β-unsaturated/α-hetero) is 1. The molecule has 172 valence electrons.